The van der Waals surface area contributed by atoms with Crippen molar-refractivity contribution in [2.75, 3.05) is 39.8 Å². The summed E-state index contributed by atoms with van der Waals surface area (Å²) in [6, 6.07) is 4.24. The van der Waals surface area contributed by atoms with E-state index < -0.39 is 0 Å². The number of likely N-dealkylation sites (N-methyl/N-ethyl adjacent to an activating group) is 1. The van der Waals surface area contributed by atoms with E-state index in [-0.39, 0.29) is 0 Å². The van der Waals surface area contributed by atoms with E-state index in [0.717, 1.165) is 0 Å². The van der Waals surface area contributed by atoms with Crippen LogP contribution in [0.2, 0.25) is 0 Å². The molecule has 0 aromatic carbocycles. The summed E-state index contributed by atoms with van der Waals surface area (Å²) in [4.78, 5) is 9.08. The van der Waals surface area contributed by atoms with Crippen LogP contribution in [0, 0.1) is 0 Å². The Morgan fingerprint density at radius 3 is 2.76 bits per heavy atom. The summed E-state index contributed by atoms with van der Waals surface area (Å²) in [5.74, 6) is 0. The van der Waals surface area contributed by atoms with Gasteiger partial charge in [0.1, 0.15) is 0 Å². The lowest BCUT2D eigenvalue weighted by molar-refractivity contribution is 0.273. The zero-order valence-corrected chi connectivity index (χ0v) is 10.8. The molecule has 94 valence electrons. The van der Waals surface area contributed by atoms with Crippen LogP contribution < -0.4 is 0 Å². The smallest absolute Gasteiger partial charge is 0.0270 e. The molecular formula is C14H23N3. The maximum absolute atomic E-state index is 4.05. The average Bonchev–Trinajstić information content (AvgIpc) is 2.56. The van der Waals surface area contributed by atoms with Gasteiger partial charge >= 0.3 is 0 Å². The number of hydrogen-bond donors (Lipinski definition) is 0. The van der Waals surface area contributed by atoms with Gasteiger partial charge in [-0.3, -0.25) is 4.98 Å². The third-order valence-corrected chi connectivity index (χ3v) is 3.50. The monoisotopic (exact) mass is 233 g/mol. The third-order valence-electron chi connectivity index (χ3n) is 3.50. The molecule has 0 atom stereocenters. The van der Waals surface area contributed by atoms with Gasteiger partial charge in [-0.05, 0) is 63.6 Å². The van der Waals surface area contributed by atoms with E-state index in [4.69, 9.17) is 0 Å². The number of pyridine rings is 1. The standard InChI is InChI=1S/C14H23N3/c1-16-9-3-11-17(13-12-16)10-2-4-14-5-7-15-8-6-14/h5-8H,2-4,9-13H2,1H3. The van der Waals surface area contributed by atoms with E-state index >= 15 is 0 Å². The second-order valence-electron chi connectivity index (χ2n) is 4.96. The van der Waals surface area contributed by atoms with E-state index in [2.05, 4.69) is 34.0 Å². The molecule has 0 aliphatic carbocycles. The molecule has 0 bridgehead atoms. The molecule has 0 N–H and O–H groups in total. The summed E-state index contributed by atoms with van der Waals surface area (Å²) in [5, 5.41) is 0. The Hall–Kier alpha value is -0.930. The fraction of sp³-hybridized carbons (Fsp3) is 0.643. The van der Waals surface area contributed by atoms with Crippen LogP contribution in [0.1, 0.15) is 18.4 Å². The lowest BCUT2D eigenvalue weighted by Gasteiger charge is -2.19. The summed E-state index contributed by atoms with van der Waals surface area (Å²) in [6.45, 7) is 6.19. The Kier molecular flexibility index (Phi) is 4.95. The highest BCUT2D eigenvalue weighted by Crippen LogP contribution is 2.05. The van der Waals surface area contributed by atoms with Gasteiger partial charge in [-0.1, -0.05) is 0 Å². The zero-order chi connectivity index (χ0) is 11.9. The molecule has 0 saturated carbocycles. The maximum Gasteiger partial charge on any atom is 0.0270 e. The summed E-state index contributed by atoms with van der Waals surface area (Å²) < 4.78 is 0. The van der Waals surface area contributed by atoms with Crippen LogP contribution in [0.5, 0.6) is 0 Å². The average molecular weight is 233 g/mol. The van der Waals surface area contributed by atoms with Crippen molar-refractivity contribution in [1.82, 2.24) is 14.8 Å². The summed E-state index contributed by atoms with van der Waals surface area (Å²) in [5.41, 5.74) is 1.41. The number of hydrogen-bond acceptors (Lipinski definition) is 3. The van der Waals surface area contributed by atoms with Crippen LogP contribution in [0.25, 0.3) is 0 Å². The second-order valence-corrected chi connectivity index (χ2v) is 4.96. The van der Waals surface area contributed by atoms with Crippen LogP contribution in [-0.2, 0) is 6.42 Å². The molecule has 1 aromatic heterocycles. The molecule has 0 unspecified atom stereocenters. The molecule has 2 rings (SSSR count). The van der Waals surface area contributed by atoms with Gasteiger partial charge in [0, 0.05) is 25.5 Å². The molecule has 1 fully saturated rings. The molecule has 3 heteroatoms. The molecule has 1 aromatic rings. The fourth-order valence-electron chi connectivity index (χ4n) is 2.38. The minimum atomic E-state index is 1.18. The second kappa shape index (κ2) is 6.72. The van der Waals surface area contributed by atoms with Crippen molar-refractivity contribution in [3.63, 3.8) is 0 Å². The highest BCUT2D eigenvalue weighted by atomic mass is 15.2. The molecule has 1 saturated heterocycles. The fourth-order valence-corrected chi connectivity index (χ4v) is 2.38. The van der Waals surface area contributed by atoms with Crippen molar-refractivity contribution in [2.24, 2.45) is 0 Å². The van der Waals surface area contributed by atoms with Gasteiger partial charge in [0.25, 0.3) is 0 Å². The van der Waals surface area contributed by atoms with E-state index in [0.29, 0.717) is 0 Å². The lowest BCUT2D eigenvalue weighted by atomic mass is 10.1. The van der Waals surface area contributed by atoms with Gasteiger partial charge in [0.2, 0.25) is 0 Å². The predicted octanol–water partition coefficient (Wildman–Crippen LogP) is 1.65. The normalized spacial score (nSPS) is 19.1. The SMILES string of the molecule is CN1CCCN(CCCc2ccncc2)CC1. The number of rotatable bonds is 4. The topological polar surface area (TPSA) is 19.4 Å². The van der Waals surface area contributed by atoms with E-state index in [1.807, 2.05) is 12.4 Å². The van der Waals surface area contributed by atoms with Crippen molar-refractivity contribution in [3.05, 3.63) is 30.1 Å². The largest absolute Gasteiger partial charge is 0.305 e. The van der Waals surface area contributed by atoms with Crippen molar-refractivity contribution >= 4 is 0 Å². The van der Waals surface area contributed by atoms with Crippen LogP contribution in [0.4, 0.5) is 0 Å². The molecule has 17 heavy (non-hydrogen) atoms. The van der Waals surface area contributed by atoms with Crippen LogP contribution in [0.15, 0.2) is 24.5 Å². The maximum atomic E-state index is 4.05. The molecule has 1 aliphatic rings. The van der Waals surface area contributed by atoms with Crippen molar-refractivity contribution in [3.8, 4) is 0 Å². The van der Waals surface area contributed by atoms with Crippen LogP contribution in [-0.4, -0.2) is 54.6 Å². The number of aromatic nitrogens is 1. The number of nitrogens with zero attached hydrogens (tertiary/aromatic N) is 3. The first-order chi connectivity index (χ1) is 8.34. The van der Waals surface area contributed by atoms with E-state index in [1.165, 1.54) is 57.5 Å². The van der Waals surface area contributed by atoms with Gasteiger partial charge in [-0.2, -0.15) is 0 Å². The van der Waals surface area contributed by atoms with Crippen LogP contribution >= 0.6 is 0 Å². The van der Waals surface area contributed by atoms with Gasteiger partial charge in [-0.15, -0.1) is 0 Å². The molecule has 1 aliphatic heterocycles. The van der Waals surface area contributed by atoms with Crippen LogP contribution in [0.3, 0.4) is 0 Å². The highest BCUT2D eigenvalue weighted by Gasteiger charge is 2.11. The van der Waals surface area contributed by atoms with Crippen molar-refractivity contribution in [2.45, 2.75) is 19.3 Å². The van der Waals surface area contributed by atoms with Gasteiger partial charge in [-0.25, -0.2) is 0 Å². The Morgan fingerprint density at radius 2 is 1.94 bits per heavy atom. The molecule has 3 nitrogen and oxygen atoms in total. The minimum absolute atomic E-state index is 1.18. The molecular weight excluding hydrogens is 210 g/mol. The Morgan fingerprint density at radius 1 is 1.12 bits per heavy atom. The predicted molar refractivity (Wildman–Crippen MR) is 71.1 cm³/mol. The van der Waals surface area contributed by atoms with Crippen molar-refractivity contribution in [1.29, 1.82) is 0 Å². The molecule has 0 radical (unpaired) electrons. The zero-order valence-electron chi connectivity index (χ0n) is 10.8. The van der Waals surface area contributed by atoms with Gasteiger partial charge in [0.15, 0.2) is 0 Å². The van der Waals surface area contributed by atoms with Crippen molar-refractivity contribution < 1.29 is 0 Å². The number of aryl methyl sites for hydroxylation is 1. The van der Waals surface area contributed by atoms with Gasteiger partial charge in [0.05, 0.1) is 0 Å². The quantitative estimate of drug-likeness (QED) is 0.788. The molecule has 2 heterocycles. The lowest BCUT2D eigenvalue weighted by Crippen LogP contribution is -2.29. The highest BCUT2D eigenvalue weighted by molar-refractivity contribution is 5.09. The van der Waals surface area contributed by atoms with E-state index in [9.17, 15) is 0 Å². The summed E-state index contributed by atoms with van der Waals surface area (Å²) >= 11 is 0. The Bertz CT molecular complexity index is 313. The summed E-state index contributed by atoms with van der Waals surface area (Å²) in [7, 11) is 2.22. The third kappa shape index (κ3) is 4.44. The Balaban J connectivity index is 1.68. The first-order valence-electron chi connectivity index (χ1n) is 6.64. The first kappa shape index (κ1) is 12.5. The Labute approximate surface area is 104 Å². The minimum Gasteiger partial charge on any atom is -0.305 e. The first-order valence-corrected chi connectivity index (χ1v) is 6.64. The molecule has 0 spiro atoms. The van der Waals surface area contributed by atoms with Gasteiger partial charge < -0.3 is 9.80 Å². The summed E-state index contributed by atoms with van der Waals surface area (Å²) in [6.07, 6.45) is 7.51. The molecule has 0 amide bonds. The van der Waals surface area contributed by atoms with E-state index in [1.54, 1.807) is 0 Å².